The topological polar surface area (TPSA) is 76.9 Å². The largest absolute Gasteiger partial charge is 0.393 e. The standard InChI is InChI=1S/C40H47N3O3S/c1-28-8-7-17-39(2)34(16-18-40(39,46)27-42-20-22-43(23-21-42)37-11-5-6-19-41-37)32-15-13-29(24-31(44)14-12-28)25-33(32)38(45)36-26-30-9-3-4-10-35(30)47-36/h3-6,8-11,13,15,19,25-26,31,34,44,46H,7,12,14,16-18,20-24,27H2,1-2H3. The van der Waals surface area contributed by atoms with Crippen LogP contribution in [0.15, 0.2) is 84.6 Å². The highest BCUT2D eigenvalue weighted by Crippen LogP contribution is 2.59. The molecule has 8 rings (SSSR count). The monoisotopic (exact) mass is 649 g/mol. The molecular weight excluding hydrogens is 603 g/mol. The summed E-state index contributed by atoms with van der Waals surface area (Å²) in [6, 6.07) is 22.6. The summed E-state index contributed by atoms with van der Waals surface area (Å²) in [5.74, 6) is 1.09. The maximum atomic E-state index is 14.5. The minimum atomic E-state index is -0.892. The number of thiophene rings is 1. The summed E-state index contributed by atoms with van der Waals surface area (Å²) < 4.78 is 1.11. The average Bonchev–Trinajstić information content (AvgIpc) is 3.62. The van der Waals surface area contributed by atoms with E-state index in [1.807, 2.05) is 42.6 Å². The lowest BCUT2D eigenvalue weighted by Crippen LogP contribution is -2.56. The lowest BCUT2D eigenvalue weighted by Gasteiger charge is -2.47. The number of carbonyl (C=O) groups excluding carboxylic acids is 1. The van der Waals surface area contributed by atoms with Gasteiger partial charge in [-0.25, -0.2) is 4.98 Å². The number of piperazine rings is 1. The molecule has 3 aliphatic carbocycles. The number of allylic oxidation sites excluding steroid dienone is 2. The first-order valence-electron chi connectivity index (χ1n) is 17.3. The maximum Gasteiger partial charge on any atom is 0.203 e. The van der Waals surface area contributed by atoms with Crippen LogP contribution in [0.3, 0.4) is 0 Å². The smallest absolute Gasteiger partial charge is 0.203 e. The molecule has 0 amide bonds. The molecule has 1 saturated carbocycles. The Morgan fingerprint density at radius 2 is 1.81 bits per heavy atom. The maximum absolute atomic E-state index is 14.5. The van der Waals surface area contributed by atoms with Gasteiger partial charge in [-0.15, -0.1) is 11.3 Å². The van der Waals surface area contributed by atoms with Crippen LogP contribution in [0.25, 0.3) is 10.1 Å². The van der Waals surface area contributed by atoms with Gasteiger partial charge in [-0.05, 0) is 105 Å². The molecule has 6 nitrogen and oxygen atoms in total. The number of aromatic nitrogens is 1. The minimum Gasteiger partial charge on any atom is -0.393 e. The minimum absolute atomic E-state index is 0.0336. The van der Waals surface area contributed by atoms with Crippen molar-refractivity contribution in [3.05, 3.63) is 106 Å². The molecule has 47 heavy (non-hydrogen) atoms. The molecule has 2 aromatic heterocycles. The van der Waals surface area contributed by atoms with Crippen LogP contribution in [0.5, 0.6) is 0 Å². The Hall–Kier alpha value is -3.36. The number of rotatable bonds is 5. The first-order chi connectivity index (χ1) is 22.7. The highest BCUT2D eigenvalue weighted by molar-refractivity contribution is 7.21. The number of carbonyl (C=O) groups is 1. The van der Waals surface area contributed by atoms with Crippen LogP contribution in [0.4, 0.5) is 5.82 Å². The molecule has 0 radical (unpaired) electrons. The third-order valence-electron chi connectivity index (χ3n) is 11.4. The summed E-state index contributed by atoms with van der Waals surface area (Å²) in [5.41, 5.74) is 2.74. The van der Waals surface area contributed by atoms with Gasteiger partial charge in [0.05, 0.1) is 16.6 Å². The third-order valence-corrected chi connectivity index (χ3v) is 12.5. The van der Waals surface area contributed by atoms with Gasteiger partial charge < -0.3 is 15.1 Å². The second-order valence-electron chi connectivity index (χ2n) is 14.4. The van der Waals surface area contributed by atoms with Crippen molar-refractivity contribution in [1.29, 1.82) is 0 Å². The summed E-state index contributed by atoms with van der Waals surface area (Å²) in [7, 11) is 0. The number of fused-ring (bicyclic) bond motifs is 9. The molecule has 2 N–H and O–H groups in total. The molecular formula is C40H47N3O3S. The number of hydrogen-bond acceptors (Lipinski definition) is 7. The summed E-state index contributed by atoms with van der Waals surface area (Å²) in [6.45, 7) is 8.61. The molecule has 7 heteroatoms. The fourth-order valence-corrected chi connectivity index (χ4v) is 9.49. The fraction of sp³-hybridized carbons (Fsp3) is 0.450. The van der Waals surface area contributed by atoms with Gasteiger partial charge in [0.15, 0.2) is 0 Å². The van der Waals surface area contributed by atoms with E-state index >= 15 is 0 Å². The number of aliphatic hydroxyl groups is 2. The number of ketones is 1. The molecule has 4 atom stereocenters. The number of benzene rings is 2. The molecule has 2 fully saturated rings. The van der Waals surface area contributed by atoms with Crippen LogP contribution in [-0.2, 0) is 6.42 Å². The van der Waals surface area contributed by atoms with Gasteiger partial charge >= 0.3 is 0 Å². The van der Waals surface area contributed by atoms with E-state index in [1.54, 1.807) is 11.3 Å². The normalized spacial score (nSPS) is 27.4. The Morgan fingerprint density at radius 3 is 2.60 bits per heavy atom. The van der Waals surface area contributed by atoms with E-state index in [2.05, 4.69) is 65.0 Å². The Kier molecular flexibility index (Phi) is 9.09. The SMILES string of the molecule is CC1=CCCC2(C)C(CCC2(O)CN2CCN(c3ccccn3)CC2)c2ccc(cc2C(=O)c2cc3ccccc3s2)CC(O)CC1. The Balaban J connectivity index is 1.23. The zero-order valence-corrected chi connectivity index (χ0v) is 28.5. The number of β-amino-alcohol motifs (C(OH)–C–C–N with tert-alkyl or cyclic N) is 1. The van der Waals surface area contributed by atoms with Crippen LogP contribution >= 0.6 is 11.3 Å². The highest BCUT2D eigenvalue weighted by Gasteiger charge is 2.57. The van der Waals surface area contributed by atoms with Crippen LogP contribution in [-0.4, -0.2) is 70.3 Å². The predicted octanol–water partition coefficient (Wildman–Crippen LogP) is 7.39. The van der Waals surface area contributed by atoms with Crippen molar-refractivity contribution in [2.24, 2.45) is 5.41 Å². The molecule has 246 valence electrons. The number of hydrogen-bond donors (Lipinski definition) is 2. The van der Waals surface area contributed by atoms with Crippen molar-refractivity contribution < 1.29 is 15.0 Å². The molecule has 4 aromatic rings. The Labute approximate surface area is 282 Å². The first-order valence-corrected chi connectivity index (χ1v) is 18.1. The van der Waals surface area contributed by atoms with Crippen molar-refractivity contribution in [3.63, 3.8) is 0 Å². The zero-order chi connectivity index (χ0) is 32.6. The quantitative estimate of drug-likeness (QED) is 0.174. The van der Waals surface area contributed by atoms with Crippen molar-refractivity contribution >= 4 is 33.0 Å². The van der Waals surface area contributed by atoms with Crippen LogP contribution < -0.4 is 4.90 Å². The van der Waals surface area contributed by atoms with Crippen LogP contribution in [0.1, 0.15) is 84.7 Å². The van der Waals surface area contributed by atoms with Gasteiger partial charge in [-0.2, -0.15) is 0 Å². The number of nitrogens with zero attached hydrogens (tertiary/aromatic N) is 3. The molecule has 1 aliphatic heterocycles. The highest BCUT2D eigenvalue weighted by atomic mass is 32.1. The van der Waals surface area contributed by atoms with E-state index in [0.29, 0.717) is 25.8 Å². The Morgan fingerprint density at radius 1 is 1.00 bits per heavy atom. The first kappa shape index (κ1) is 32.2. The second kappa shape index (κ2) is 13.3. The molecule has 4 unspecified atom stereocenters. The molecule has 2 aromatic carbocycles. The lowest BCUT2D eigenvalue weighted by molar-refractivity contribution is -0.0841. The van der Waals surface area contributed by atoms with Gasteiger partial charge in [0.25, 0.3) is 0 Å². The van der Waals surface area contributed by atoms with E-state index in [-0.39, 0.29) is 11.7 Å². The van der Waals surface area contributed by atoms with Crippen LogP contribution in [0, 0.1) is 5.41 Å². The molecule has 4 aliphatic rings. The average molecular weight is 650 g/mol. The van der Waals surface area contributed by atoms with Crippen molar-refractivity contribution in [2.45, 2.75) is 76.4 Å². The third kappa shape index (κ3) is 6.43. The fourth-order valence-electron chi connectivity index (χ4n) is 8.47. The summed E-state index contributed by atoms with van der Waals surface area (Å²) in [6.07, 6.45) is 9.00. The van der Waals surface area contributed by atoms with Crippen LogP contribution in [0.2, 0.25) is 0 Å². The second-order valence-corrected chi connectivity index (χ2v) is 15.5. The molecule has 0 spiro atoms. The van der Waals surface area contributed by atoms with Gasteiger partial charge in [0.1, 0.15) is 5.82 Å². The van der Waals surface area contributed by atoms with Crippen molar-refractivity contribution in [1.82, 2.24) is 9.88 Å². The summed E-state index contributed by atoms with van der Waals surface area (Å²) in [4.78, 5) is 24.5. The summed E-state index contributed by atoms with van der Waals surface area (Å²) >= 11 is 1.55. The molecule has 3 heterocycles. The summed E-state index contributed by atoms with van der Waals surface area (Å²) in [5, 5.41) is 24.8. The van der Waals surface area contributed by atoms with E-state index in [0.717, 1.165) is 89.3 Å². The van der Waals surface area contributed by atoms with E-state index in [9.17, 15) is 15.0 Å². The van der Waals surface area contributed by atoms with Gasteiger partial charge in [-0.3, -0.25) is 9.69 Å². The Bertz CT molecular complexity index is 1730. The van der Waals surface area contributed by atoms with E-state index in [4.69, 9.17) is 0 Å². The van der Waals surface area contributed by atoms with Gasteiger partial charge in [0.2, 0.25) is 5.78 Å². The van der Waals surface area contributed by atoms with E-state index < -0.39 is 17.1 Å². The number of aliphatic hydroxyl groups excluding tert-OH is 1. The number of anilines is 1. The predicted molar refractivity (Wildman–Crippen MR) is 192 cm³/mol. The zero-order valence-electron chi connectivity index (χ0n) is 27.7. The van der Waals surface area contributed by atoms with Gasteiger partial charge in [-0.1, -0.05) is 55.0 Å². The molecule has 1 saturated heterocycles. The lowest BCUT2D eigenvalue weighted by atomic mass is 9.64. The van der Waals surface area contributed by atoms with Gasteiger partial charge in [0, 0.05) is 54.6 Å². The molecule has 2 bridgehead atoms. The van der Waals surface area contributed by atoms with Crippen molar-refractivity contribution in [3.8, 4) is 0 Å². The van der Waals surface area contributed by atoms with E-state index in [1.165, 1.54) is 5.57 Å². The number of pyridine rings is 1. The van der Waals surface area contributed by atoms with Crippen molar-refractivity contribution in [2.75, 3.05) is 37.6 Å².